The third-order valence-electron chi connectivity index (χ3n) is 1.54. The number of benzene rings is 1. The van der Waals surface area contributed by atoms with E-state index in [-0.39, 0.29) is 0 Å². The van der Waals surface area contributed by atoms with Gasteiger partial charge in [-0.1, -0.05) is 48.8 Å². The number of amidine groups is 1. The van der Waals surface area contributed by atoms with Gasteiger partial charge in [0.1, 0.15) is 7.11 Å². The molecule has 0 aliphatic heterocycles. The molecule has 0 radical (unpaired) electrons. The van der Waals surface area contributed by atoms with Crippen molar-refractivity contribution in [3.05, 3.63) is 35.4 Å². The van der Waals surface area contributed by atoms with Gasteiger partial charge in [-0.05, 0) is 6.92 Å². The minimum Gasteiger partial charge on any atom is -0.397 e. The molecule has 14 heavy (non-hydrogen) atoms. The van der Waals surface area contributed by atoms with E-state index in [4.69, 9.17) is 5.73 Å². The Morgan fingerprint density at radius 2 is 1.71 bits per heavy atom. The summed E-state index contributed by atoms with van der Waals surface area (Å²) >= 11 is 0. The van der Waals surface area contributed by atoms with Crippen molar-refractivity contribution in [2.24, 2.45) is 10.9 Å². The van der Waals surface area contributed by atoms with Gasteiger partial charge in [-0.25, -0.2) is 0 Å². The molecule has 0 spiro atoms. The SMILES string of the molecule is CC.CO/N=C(\N)c1ccc(C)cc1. The van der Waals surface area contributed by atoms with E-state index in [1.807, 2.05) is 45.0 Å². The Morgan fingerprint density at radius 1 is 1.21 bits per heavy atom. The van der Waals surface area contributed by atoms with Gasteiger partial charge in [0.05, 0.1) is 0 Å². The summed E-state index contributed by atoms with van der Waals surface area (Å²) < 4.78 is 0. The molecule has 0 unspecified atom stereocenters. The summed E-state index contributed by atoms with van der Waals surface area (Å²) in [7, 11) is 1.47. The zero-order chi connectivity index (χ0) is 11.0. The first-order valence-corrected chi connectivity index (χ1v) is 4.67. The highest BCUT2D eigenvalue weighted by molar-refractivity contribution is 5.97. The smallest absolute Gasteiger partial charge is 0.170 e. The van der Waals surface area contributed by atoms with Gasteiger partial charge in [-0.15, -0.1) is 0 Å². The Labute approximate surface area is 85.6 Å². The average molecular weight is 194 g/mol. The van der Waals surface area contributed by atoms with E-state index in [2.05, 4.69) is 9.99 Å². The van der Waals surface area contributed by atoms with Crippen molar-refractivity contribution in [1.29, 1.82) is 0 Å². The van der Waals surface area contributed by atoms with Crippen molar-refractivity contribution >= 4 is 5.84 Å². The molecule has 1 rings (SSSR count). The lowest BCUT2D eigenvalue weighted by molar-refractivity contribution is 0.213. The van der Waals surface area contributed by atoms with Crippen molar-refractivity contribution in [2.45, 2.75) is 20.8 Å². The number of rotatable bonds is 2. The number of hydrogen-bond donors (Lipinski definition) is 1. The van der Waals surface area contributed by atoms with Gasteiger partial charge in [0.15, 0.2) is 5.84 Å². The molecule has 0 saturated heterocycles. The number of nitrogens with zero attached hydrogens (tertiary/aromatic N) is 1. The molecular formula is C11H18N2O. The first kappa shape index (κ1) is 12.5. The van der Waals surface area contributed by atoms with E-state index in [0.29, 0.717) is 5.84 Å². The lowest BCUT2D eigenvalue weighted by Gasteiger charge is -1.99. The Bertz CT molecular complexity index is 278. The molecule has 0 aliphatic rings. The molecule has 0 atom stereocenters. The van der Waals surface area contributed by atoms with Crippen LogP contribution in [-0.2, 0) is 4.84 Å². The maximum absolute atomic E-state index is 5.58. The average Bonchev–Trinajstić information content (AvgIpc) is 2.22. The number of hydrogen-bond acceptors (Lipinski definition) is 2. The van der Waals surface area contributed by atoms with Crippen molar-refractivity contribution in [2.75, 3.05) is 7.11 Å². The summed E-state index contributed by atoms with van der Waals surface area (Å²) in [5.41, 5.74) is 7.66. The molecule has 3 heteroatoms. The topological polar surface area (TPSA) is 47.6 Å². The van der Waals surface area contributed by atoms with Crippen LogP contribution in [-0.4, -0.2) is 12.9 Å². The van der Waals surface area contributed by atoms with Crippen LogP contribution in [0.1, 0.15) is 25.0 Å². The maximum Gasteiger partial charge on any atom is 0.170 e. The monoisotopic (exact) mass is 194 g/mol. The summed E-state index contributed by atoms with van der Waals surface area (Å²) in [5.74, 6) is 0.400. The van der Waals surface area contributed by atoms with Gasteiger partial charge < -0.3 is 10.6 Å². The highest BCUT2D eigenvalue weighted by Gasteiger charge is 1.96. The van der Waals surface area contributed by atoms with Crippen LogP contribution in [0.15, 0.2) is 29.4 Å². The summed E-state index contributed by atoms with van der Waals surface area (Å²) in [6, 6.07) is 7.78. The number of oxime groups is 1. The zero-order valence-corrected chi connectivity index (χ0v) is 9.24. The second-order valence-electron chi connectivity index (χ2n) is 2.53. The predicted molar refractivity (Wildman–Crippen MR) is 60.3 cm³/mol. The second kappa shape index (κ2) is 6.95. The van der Waals surface area contributed by atoms with Crippen LogP contribution in [0, 0.1) is 6.92 Å². The minimum absolute atomic E-state index is 0.400. The van der Waals surface area contributed by atoms with Crippen LogP contribution < -0.4 is 5.73 Å². The van der Waals surface area contributed by atoms with Gasteiger partial charge in [0, 0.05) is 5.56 Å². The first-order valence-electron chi connectivity index (χ1n) is 4.67. The molecule has 3 nitrogen and oxygen atoms in total. The van der Waals surface area contributed by atoms with Gasteiger partial charge in [0.2, 0.25) is 0 Å². The molecule has 0 amide bonds. The molecule has 2 N–H and O–H groups in total. The molecule has 0 saturated carbocycles. The number of aryl methyl sites for hydroxylation is 1. The lowest BCUT2D eigenvalue weighted by Crippen LogP contribution is -2.13. The third kappa shape index (κ3) is 3.94. The Balaban J connectivity index is 0.000000791. The fourth-order valence-electron chi connectivity index (χ4n) is 0.875. The molecular weight excluding hydrogens is 176 g/mol. The fraction of sp³-hybridized carbons (Fsp3) is 0.364. The molecule has 0 aliphatic carbocycles. The Morgan fingerprint density at radius 3 is 2.14 bits per heavy atom. The van der Waals surface area contributed by atoms with E-state index in [9.17, 15) is 0 Å². The van der Waals surface area contributed by atoms with Gasteiger partial charge in [-0.3, -0.25) is 0 Å². The minimum atomic E-state index is 0.400. The van der Waals surface area contributed by atoms with Gasteiger partial charge in [-0.2, -0.15) is 0 Å². The zero-order valence-electron chi connectivity index (χ0n) is 9.24. The second-order valence-corrected chi connectivity index (χ2v) is 2.53. The molecule has 78 valence electrons. The quantitative estimate of drug-likeness (QED) is 0.446. The van der Waals surface area contributed by atoms with E-state index in [1.165, 1.54) is 12.7 Å². The molecule has 1 aromatic carbocycles. The summed E-state index contributed by atoms with van der Waals surface area (Å²) in [5, 5.41) is 3.62. The predicted octanol–water partition coefficient (Wildman–Crippen LogP) is 2.29. The van der Waals surface area contributed by atoms with E-state index >= 15 is 0 Å². The first-order chi connectivity index (χ1) is 6.74. The highest BCUT2D eigenvalue weighted by Crippen LogP contribution is 2.02. The summed E-state index contributed by atoms with van der Waals surface area (Å²) in [6.45, 7) is 6.02. The van der Waals surface area contributed by atoms with Crippen LogP contribution in [0.5, 0.6) is 0 Å². The van der Waals surface area contributed by atoms with Crippen LogP contribution in [0.3, 0.4) is 0 Å². The molecule has 0 bridgehead atoms. The van der Waals surface area contributed by atoms with Gasteiger partial charge >= 0.3 is 0 Å². The standard InChI is InChI=1S/C9H12N2O.C2H6/c1-7-3-5-8(6-4-7)9(10)11-12-2;1-2/h3-6H,1-2H3,(H2,10,11);1-2H3. The molecule has 0 aromatic heterocycles. The van der Waals surface area contributed by atoms with Crippen molar-refractivity contribution in [3.8, 4) is 0 Å². The van der Waals surface area contributed by atoms with E-state index < -0.39 is 0 Å². The lowest BCUT2D eigenvalue weighted by atomic mass is 10.1. The largest absolute Gasteiger partial charge is 0.397 e. The van der Waals surface area contributed by atoms with Crippen molar-refractivity contribution in [3.63, 3.8) is 0 Å². The normalized spacial score (nSPS) is 10.1. The Hall–Kier alpha value is -1.51. The van der Waals surface area contributed by atoms with Crippen LogP contribution in [0.25, 0.3) is 0 Å². The van der Waals surface area contributed by atoms with Crippen molar-refractivity contribution in [1.82, 2.24) is 0 Å². The van der Waals surface area contributed by atoms with E-state index in [0.717, 1.165) is 5.56 Å². The fourth-order valence-corrected chi connectivity index (χ4v) is 0.875. The van der Waals surface area contributed by atoms with Crippen LogP contribution >= 0.6 is 0 Å². The molecule has 0 fully saturated rings. The van der Waals surface area contributed by atoms with Crippen LogP contribution in [0.2, 0.25) is 0 Å². The summed E-state index contributed by atoms with van der Waals surface area (Å²) in [4.78, 5) is 4.55. The molecule has 0 heterocycles. The Kier molecular flexibility index (Phi) is 6.20. The van der Waals surface area contributed by atoms with Crippen LogP contribution in [0.4, 0.5) is 0 Å². The van der Waals surface area contributed by atoms with Crippen molar-refractivity contribution < 1.29 is 4.84 Å². The summed E-state index contributed by atoms with van der Waals surface area (Å²) in [6.07, 6.45) is 0. The van der Waals surface area contributed by atoms with E-state index in [1.54, 1.807) is 0 Å². The molecule has 1 aromatic rings. The maximum atomic E-state index is 5.58. The third-order valence-corrected chi connectivity index (χ3v) is 1.54. The van der Waals surface area contributed by atoms with Gasteiger partial charge in [0.25, 0.3) is 0 Å². The number of nitrogens with two attached hydrogens (primary N) is 1. The highest BCUT2D eigenvalue weighted by atomic mass is 16.6.